The number of benzene rings is 7. The average molecular weight is 936 g/mol. The zero-order valence-corrected chi connectivity index (χ0v) is 32.6. The first kappa shape index (κ1) is 25.5. The first-order chi connectivity index (χ1) is 32.1. The molecule has 0 saturated carbocycles. The molecule has 12 rings (SSSR count). The van der Waals surface area contributed by atoms with Crippen molar-refractivity contribution in [3.63, 3.8) is 0 Å². The van der Waals surface area contributed by atoms with Crippen LogP contribution < -0.4 is 4.74 Å². The van der Waals surface area contributed by atoms with E-state index < -0.39 is 20.7 Å². The Morgan fingerprint density at radius 1 is 0.603 bits per heavy atom. The second-order valence-corrected chi connectivity index (χ2v) is 15.4. The molecule has 280 valence electrons. The van der Waals surface area contributed by atoms with Gasteiger partial charge in [0.25, 0.3) is 0 Å². The number of pyridine rings is 1. The molecule has 0 spiro atoms. The predicted molar refractivity (Wildman–Crippen MR) is 231 cm³/mol. The average Bonchev–Trinajstić information content (AvgIpc) is 4.01. The molecule has 58 heavy (non-hydrogen) atoms. The molecule has 0 atom stereocenters. The van der Waals surface area contributed by atoms with Gasteiger partial charge in [0.05, 0.1) is 16.6 Å². The van der Waals surface area contributed by atoms with Gasteiger partial charge in [-0.25, -0.2) is 0 Å². The molecule has 0 aliphatic heterocycles. The van der Waals surface area contributed by atoms with Gasteiger partial charge < -0.3 is 4.40 Å². The number of hydrogen-bond acceptors (Lipinski definition) is 2. The number of hydrogen-bond donors (Lipinski definition) is 0. The summed E-state index contributed by atoms with van der Waals surface area (Å²) in [6.07, 6.45) is 1.60. The Morgan fingerprint density at radius 2 is 1.36 bits per heavy atom. The monoisotopic (exact) mass is 935 g/mol. The SMILES string of the molecule is [2H]C([2H])([2H])c1ccc(-n2[c](=[Pt])n(C([2H])([2H])[2H])c3ccccc32)[c-]c1Oc1[c-]c2c(cc1)c1cc3c4cccc5c6ccccc6n(c3cc1n2-c1cc(C([2H])([2H])[2H])c(-c2ccccc2)cn1)c54. The van der Waals surface area contributed by atoms with E-state index in [9.17, 15) is 0 Å². The van der Waals surface area contributed by atoms with Crippen LogP contribution in [0.5, 0.6) is 11.5 Å². The summed E-state index contributed by atoms with van der Waals surface area (Å²) in [5.41, 5.74) is 7.00. The van der Waals surface area contributed by atoms with E-state index in [-0.39, 0.29) is 22.6 Å². The fraction of sp³-hybridized carbons (Fsp3) is 0.0588. The van der Waals surface area contributed by atoms with E-state index >= 15 is 0 Å². The van der Waals surface area contributed by atoms with Crippen molar-refractivity contribution < 1.29 is 36.4 Å². The maximum absolute atomic E-state index is 8.69. The molecule has 0 N–H and O–H groups in total. The van der Waals surface area contributed by atoms with Gasteiger partial charge in [-0.2, -0.15) is 0 Å². The van der Waals surface area contributed by atoms with E-state index in [4.69, 9.17) is 22.1 Å². The summed E-state index contributed by atoms with van der Waals surface area (Å²) >= 11 is 1.96. The summed E-state index contributed by atoms with van der Waals surface area (Å²) in [6.45, 7) is -7.62. The van der Waals surface area contributed by atoms with E-state index in [1.54, 1.807) is 53.2 Å². The molecule has 5 aromatic heterocycles. The quantitative estimate of drug-likeness (QED) is 0.161. The summed E-state index contributed by atoms with van der Waals surface area (Å²) in [4.78, 5) is 4.96. The Morgan fingerprint density at radius 3 is 2.21 bits per heavy atom. The number of aryl methyl sites for hydroxylation is 3. The molecule has 7 heteroatoms. The minimum Gasteiger partial charge on any atom is -0.0622 e. The molecule has 0 unspecified atom stereocenters. The van der Waals surface area contributed by atoms with E-state index in [1.165, 1.54) is 10.6 Å². The van der Waals surface area contributed by atoms with Gasteiger partial charge in [0.1, 0.15) is 0 Å². The Kier molecular flexibility index (Phi) is 5.44. The second-order valence-electron chi connectivity index (χ2n) is 14.4. The van der Waals surface area contributed by atoms with Crippen LogP contribution in [-0.4, -0.2) is 23.1 Å². The third kappa shape index (κ3) is 4.70. The first-order valence-electron chi connectivity index (χ1n) is 23.1. The van der Waals surface area contributed by atoms with Crippen LogP contribution in [0.1, 0.15) is 23.5 Å². The van der Waals surface area contributed by atoms with Crippen molar-refractivity contribution in [1.29, 1.82) is 0 Å². The molecule has 0 radical (unpaired) electrons. The molecular formula is C51H33N5OPt-2. The van der Waals surface area contributed by atoms with Gasteiger partial charge in [0.2, 0.25) is 0 Å². The summed E-state index contributed by atoms with van der Waals surface area (Å²) in [6, 6.07) is 50.2. The minimum absolute atomic E-state index is 0.0980. The smallest absolute Gasteiger partial charge is 0.0622 e. The summed E-state index contributed by atoms with van der Waals surface area (Å²) in [5, 5.41) is 6.05. The third-order valence-electron chi connectivity index (χ3n) is 11.2. The standard InChI is InChI=1S/C51H33N5O.Pt/c1-31-20-21-34(54-30-53(3)44-18-9-10-19-45(44)54)25-49(31)57-35-22-23-37-40-27-41-39-16-11-15-38-36-14-7-8-17-43(36)56(51(38)39)48(41)28-47(40)55(46(37)26-35)50-24-32(2)42(29-52-50)33-12-5-4-6-13-33;/h4-24,27-29H,1-3H3;/q-2;/i1D3,2D3,3D3;. The Balaban J connectivity index is 1.11. The van der Waals surface area contributed by atoms with Gasteiger partial charge in [-0.1, -0.05) is 66.7 Å². The van der Waals surface area contributed by atoms with Crippen LogP contribution in [0.15, 0.2) is 146 Å². The molecule has 0 amide bonds. The minimum atomic E-state index is -2.62. The van der Waals surface area contributed by atoms with Crippen LogP contribution in [0.25, 0.3) is 93.6 Å². The fourth-order valence-corrected chi connectivity index (χ4v) is 9.51. The zero-order valence-electron chi connectivity index (χ0n) is 39.3. The first-order valence-corrected chi connectivity index (χ1v) is 19.8. The van der Waals surface area contributed by atoms with Gasteiger partial charge in [0, 0.05) is 37.4 Å². The zero-order chi connectivity index (χ0) is 46.3. The Labute approximate surface area is 356 Å². The van der Waals surface area contributed by atoms with Gasteiger partial charge in [-0.3, -0.25) is 0 Å². The number of ether oxygens (including phenoxy) is 1. The number of nitrogens with zero attached hydrogens (tertiary/aromatic N) is 5. The molecule has 0 aliphatic rings. The van der Waals surface area contributed by atoms with Crippen LogP contribution in [0.2, 0.25) is 0 Å². The van der Waals surface area contributed by atoms with Crippen LogP contribution in [0, 0.1) is 29.6 Å². The second kappa shape index (κ2) is 12.4. The van der Waals surface area contributed by atoms with Crippen molar-refractivity contribution >= 4 is 70.9 Å². The van der Waals surface area contributed by atoms with Crippen LogP contribution in [0.3, 0.4) is 0 Å². The number of aromatic nitrogens is 5. The summed E-state index contributed by atoms with van der Waals surface area (Å²) in [5.74, 6) is 0.401. The van der Waals surface area contributed by atoms with Crippen molar-refractivity contribution in [1.82, 2.24) is 23.1 Å². The van der Waals surface area contributed by atoms with Gasteiger partial charge in [0.15, 0.2) is 0 Å². The van der Waals surface area contributed by atoms with Crippen LogP contribution in [-0.2, 0) is 26.3 Å². The molecule has 7 aromatic carbocycles. The summed E-state index contributed by atoms with van der Waals surface area (Å²) in [7, 11) is 0. The van der Waals surface area contributed by atoms with Crippen molar-refractivity contribution in [2.75, 3.05) is 0 Å². The van der Waals surface area contributed by atoms with E-state index in [2.05, 4.69) is 59.0 Å². The van der Waals surface area contributed by atoms with Crippen LogP contribution >= 0.6 is 0 Å². The van der Waals surface area contributed by atoms with Gasteiger partial charge in [-0.15, -0.1) is 0 Å². The topological polar surface area (TPSA) is 41.3 Å². The number of rotatable bonds is 5. The van der Waals surface area contributed by atoms with Gasteiger partial charge >= 0.3 is 209 Å². The molecule has 0 aliphatic carbocycles. The molecule has 0 bridgehead atoms. The van der Waals surface area contributed by atoms with Crippen molar-refractivity contribution in [2.24, 2.45) is 6.98 Å². The molecule has 5 heterocycles. The Hall–Kier alpha value is -6.75. The van der Waals surface area contributed by atoms with Crippen molar-refractivity contribution in [3.05, 3.63) is 173 Å². The molecule has 0 saturated heterocycles. The van der Waals surface area contributed by atoms with Gasteiger partial charge in [-0.05, 0) is 24.0 Å². The molecular weight excluding hydrogens is 894 g/mol. The van der Waals surface area contributed by atoms with E-state index in [1.807, 2.05) is 72.5 Å². The molecule has 12 aromatic rings. The molecule has 0 fully saturated rings. The van der Waals surface area contributed by atoms with Crippen LogP contribution in [0.4, 0.5) is 0 Å². The summed E-state index contributed by atoms with van der Waals surface area (Å²) < 4.78 is 90.5. The number of fused-ring (bicyclic) bond motifs is 10. The van der Waals surface area contributed by atoms with Crippen molar-refractivity contribution in [3.8, 4) is 34.1 Å². The Bertz CT molecular complexity index is 4070. The normalized spacial score (nSPS) is 15.1. The van der Waals surface area contributed by atoms with E-state index in [0.717, 1.165) is 59.9 Å². The molecule has 6 nitrogen and oxygen atoms in total. The maximum atomic E-state index is 8.69. The van der Waals surface area contributed by atoms with Crippen molar-refractivity contribution in [2.45, 2.75) is 13.7 Å². The van der Waals surface area contributed by atoms with E-state index in [0.29, 0.717) is 37.4 Å². The fourth-order valence-electron chi connectivity index (χ4n) is 8.69. The number of imidazole rings is 1. The third-order valence-corrected chi connectivity index (χ3v) is 12.3. The number of para-hydroxylation sites is 4. The predicted octanol–water partition coefficient (Wildman–Crippen LogP) is 12.4.